The van der Waals surface area contributed by atoms with E-state index < -0.39 is 17.6 Å². The van der Waals surface area contributed by atoms with Crippen LogP contribution in [0.15, 0.2) is 48.5 Å². The van der Waals surface area contributed by atoms with Gasteiger partial charge in [0.15, 0.2) is 0 Å². The van der Waals surface area contributed by atoms with Gasteiger partial charge in [-0.25, -0.2) is 4.98 Å². The second-order valence-electron chi connectivity index (χ2n) is 8.49. The molecule has 1 aromatic heterocycles. The van der Waals surface area contributed by atoms with Gasteiger partial charge >= 0.3 is 6.18 Å². The van der Waals surface area contributed by atoms with Crippen LogP contribution in [-0.4, -0.2) is 42.1 Å². The number of nitrogens with one attached hydrogen (secondary N) is 2. The number of aromatic nitrogens is 2. The third-order valence-electron chi connectivity index (χ3n) is 5.88. The van der Waals surface area contributed by atoms with Gasteiger partial charge in [-0.15, -0.1) is 0 Å². The molecule has 0 saturated heterocycles. The molecule has 1 aliphatic rings. The van der Waals surface area contributed by atoms with Crippen LogP contribution < -0.4 is 15.5 Å². The summed E-state index contributed by atoms with van der Waals surface area (Å²) in [7, 11) is 3.87. The van der Waals surface area contributed by atoms with E-state index in [4.69, 9.17) is 0 Å². The van der Waals surface area contributed by atoms with Crippen LogP contribution in [0.3, 0.4) is 0 Å². The first-order valence-corrected chi connectivity index (χ1v) is 10.9. The Bertz CT molecular complexity index is 1140. The lowest BCUT2D eigenvalue weighted by Crippen LogP contribution is -2.40. The minimum atomic E-state index is -4.57. The average molecular weight is 458 g/mol. The first kappa shape index (κ1) is 22.8. The predicted octanol–water partition coefficient (Wildman–Crippen LogP) is 4.87. The molecule has 0 unspecified atom stereocenters. The van der Waals surface area contributed by atoms with Crippen LogP contribution in [0.25, 0.3) is 10.9 Å². The third-order valence-corrected chi connectivity index (χ3v) is 5.88. The van der Waals surface area contributed by atoms with Crippen molar-refractivity contribution in [1.82, 2.24) is 15.3 Å². The van der Waals surface area contributed by atoms with Crippen LogP contribution in [-0.2, 0) is 6.18 Å². The highest BCUT2D eigenvalue weighted by Crippen LogP contribution is 2.32. The summed E-state index contributed by atoms with van der Waals surface area (Å²) in [6.45, 7) is 0. The van der Waals surface area contributed by atoms with Crippen molar-refractivity contribution in [1.29, 1.82) is 0 Å². The summed E-state index contributed by atoms with van der Waals surface area (Å²) in [5.41, 5.74) is -0.406. The quantitative estimate of drug-likeness (QED) is 0.572. The molecule has 1 amide bonds. The van der Waals surface area contributed by atoms with Crippen LogP contribution in [0, 0.1) is 0 Å². The number of benzene rings is 2. The number of anilines is 2. The number of amides is 1. The number of hydrogen-bond donors (Lipinski definition) is 2. The van der Waals surface area contributed by atoms with Crippen LogP contribution in [0.4, 0.5) is 24.9 Å². The van der Waals surface area contributed by atoms with Gasteiger partial charge in [-0.05, 0) is 49.9 Å². The van der Waals surface area contributed by atoms with Crippen LogP contribution >= 0.6 is 0 Å². The van der Waals surface area contributed by atoms with E-state index >= 15 is 0 Å². The molecule has 1 saturated carbocycles. The summed E-state index contributed by atoms with van der Waals surface area (Å²) in [6, 6.07) is 12.6. The lowest BCUT2D eigenvalue weighted by Gasteiger charge is -2.30. The van der Waals surface area contributed by atoms with Crippen molar-refractivity contribution in [2.75, 3.05) is 24.3 Å². The van der Waals surface area contributed by atoms with Gasteiger partial charge in [0.2, 0.25) is 5.95 Å². The molecule has 1 heterocycles. The van der Waals surface area contributed by atoms with Crippen molar-refractivity contribution in [2.24, 2.45) is 0 Å². The molecule has 0 aliphatic heterocycles. The van der Waals surface area contributed by atoms with Crippen molar-refractivity contribution in [2.45, 2.75) is 43.9 Å². The van der Waals surface area contributed by atoms with E-state index in [2.05, 4.69) is 20.6 Å². The zero-order valence-electron chi connectivity index (χ0n) is 18.5. The molecule has 1 aliphatic carbocycles. The molecule has 33 heavy (non-hydrogen) atoms. The molecule has 9 heteroatoms. The summed E-state index contributed by atoms with van der Waals surface area (Å²) in [5, 5.41) is 7.14. The highest BCUT2D eigenvalue weighted by Gasteiger charge is 2.35. The van der Waals surface area contributed by atoms with E-state index in [1.54, 1.807) is 0 Å². The van der Waals surface area contributed by atoms with Gasteiger partial charge in [-0.1, -0.05) is 24.3 Å². The molecule has 4 rings (SSSR count). The number of halogens is 3. The molecule has 0 radical (unpaired) electrons. The van der Waals surface area contributed by atoms with Crippen molar-refractivity contribution in [3.63, 3.8) is 0 Å². The molecular formula is C24H26F3N5O. The van der Waals surface area contributed by atoms with Crippen molar-refractivity contribution >= 4 is 28.6 Å². The zero-order valence-corrected chi connectivity index (χ0v) is 18.5. The minimum absolute atomic E-state index is 0.122. The number of carbonyl (C=O) groups excluding carboxylic acids is 1. The first-order chi connectivity index (χ1) is 15.7. The Hall–Kier alpha value is -3.36. The van der Waals surface area contributed by atoms with Gasteiger partial charge in [0.25, 0.3) is 5.91 Å². The van der Waals surface area contributed by atoms with Crippen LogP contribution in [0.5, 0.6) is 0 Å². The standard InChI is InChI=1S/C24H26F3N5O/c1-32(2)21-18-8-4-6-10-20(18)30-23(31-21)29-16-13-11-15(12-14-16)28-22(33)17-7-3-5-9-19(17)24(25,26)27/h3-10,15-16H,11-14H2,1-2H3,(H,28,33)(H,29,30,31)/t15-,16+. The van der Waals surface area contributed by atoms with E-state index in [9.17, 15) is 18.0 Å². The second-order valence-corrected chi connectivity index (χ2v) is 8.49. The zero-order chi connectivity index (χ0) is 23.6. The SMILES string of the molecule is CN(C)c1nc(N[C@H]2CC[C@@H](NC(=O)c3ccccc3C(F)(F)F)CC2)nc2ccccc12. The Labute approximate surface area is 190 Å². The highest BCUT2D eigenvalue weighted by molar-refractivity contribution is 5.96. The molecule has 2 N–H and O–H groups in total. The van der Waals surface area contributed by atoms with Gasteiger partial charge in [0.1, 0.15) is 5.82 Å². The summed E-state index contributed by atoms with van der Waals surface area (Å²) < 4.78 is 39.7. The number of para-hydroxylation sites is 1. The Balaban J connectivity index is 1.39. The number of carbonyl (C=O) groups is 1. The van der Waals surface area contributed by atoms with E-state index in [-0.39, 0.29) is 17.6 Å². The Morgan fingerprint density at radius 2 is 1.58 bits per heavy atom. The molecule has 0 spiro atoms. The maximum atomic E-state index is 13.2. The minimum Gasteiger partial charge on any atom is -0.362 e. The fourth-order valence-corrected chi connectivity index (χ4v) is 4.22. The van der Waals surface area contributed by atoms with Gasteiger partial charge in [-0.2, -0.15) is 18.2 Å². The van der Waals surface area contributed by atoms with Gasteiger partial charge in [-0.3, -0.25) is 4.79 Å². The van der Waals surface area contributed by atoms with Crippen molar-refractivity contribution in [3.8, 4) is 0 Å². The van der Waals surface area contributed by atoms with Gasteiger partial charge < -0.3 is 15.5 Å². The van der Waals surface area contributed by atoms with Gasteiger partial charge in [0.05, 0.1) is 16.6 Å². The molecule has 174 valence electrons. The average Bonchev–Trinajstić information content (AvgIpc) is 2.79. The Morgan fingerprint density at radius 3 is 2.27 bits per heavy atom. The number of hydrogen-bond acceptors (Lipinski definition) is 5. The topological polar surface area (TPSA) is 70.2 Å². The van der Waals surface area contributed by atoms with E-state index in [0.717, 1.165) is 35.6 Å². The maximum Gasteiger partial charge on any atom is 0.417 e. The van der Waals surface area contributed by atoms with Crippen LogP contribution in [0.1, 0.15) is 41.6 Å². The number of alkyl halides is 3. The second kappa shape index (κ2) is 9.25. The lowest BCUT2D eigenvalue weighted by atomic mass is 9.91. The lowest BCUT2D eigenvalue weighted by molar-refractivity contribution is -0.137. The Kier molecular flexibility index (Phi) is 6.40. The molecule has 3 aromatic rings. The highest BCUT2D eigenvalue weighted by atomic mass is 19.4. The number of fused-ring (bicyclic) bond motifs is 1. The normalized spacial score (nSPS) is 18.7. The summed E-state index contributed by atoms with van der Waals surface area (Å²) in [4.78, 5) is 23.8. The van der Waals surface area contributed by atoms with E-state index in [1.807, 2.05) is 43.3 Å². The summed E-state index contributed by atoms with van der Waals surface area (Å²) in [5.74, 6) is 0.684. The Morgan fingerprint density at radius 1 is 0.939 bits per heavy atom. The number of nitrogens with zero attached hydrogens (tertiary/aromatic N) is 3. The first-order valence-electron chi connectivity index (χ1n) is 10.9. The molecular weight excluding hydrogens is 431 g/mol. The fraction of sp³-hybridized carbons (Fsp3) is 0.375. The molecule has 0 atom stereocenters. The molecule has 1 fully saturated rings. The van der Waals surface area contributed by atoms with Crippen molar-refractivity contribution in [3.05, 3.63) is 59.7 Å². The maximum absolute atomic E-state index is 13.2. The smallest absolute Gasteiger partial charge is 0.362 e. The fourth-order valence-electron chi connectivity index (χ4n) is 4.22. The van der Waals surface area contributed by atoms with E-state index in [0.29, 0.717) is 18.8 Å². The number of rotatable bonds is 5. The third kappa shape index (κ3) is 5.18. The molecule has 0 bridgehead atoms. The summed E-state index contributed by atoms with van der Waals surface area (Å²) in [6.07, 6.45) is -1.75. The van der Waals surface area contributed by atoms with Crippen LogP contribution in [0.2, 0.25) is 0 Å². The molecule has 6 nitrogen and oxygen atoms in total. The van der Waals surface area contributed by atoms with Gasteiger partial charge in [0, 0.05) is 31.6 Å². The summed E-state index contributed by atoms with van der Waals surface area (Å²) >= 11 is 0. The van der Waals surface area contributed by atoms with Crippen molar-refractivity contribution < 1.29 is 18.0 Å². The monoisotopic (exact) mass is 457 g/mol. The largest absolute Gasteiger partial charge is 0.417 e. The van der Waals surface area contributed by atoms with E-state index in [1.165, 1.54) is 18.2 Å². The molecule has 2 aromatic carbocycles. The predicted molar refractivity (Wildman–Crippen MR) is 122 cm³/mol.